The van der Waals surface area contributed by atoms with Crippen LogP contribution in [0.3, 0.4) is 0 Å². The second-order valence-corrected chi connectivity index (χ2v) is 5.30. The van der Waals surface area contributed by atoms with Crippen LogP contribution in [-0.4, -0.2) is 42.2 Å². The molecule has 1 heterocycles. The molecule has 2 rings (SSSR count). The molecule has 0 aromatic heterocycles. The number of nitrogens with one attached hydrogen (secondary N) is 1. The van der Waals surface area contributed by atoms with E-state index in [9.17, 15) is 9.90 Å². The first-order valence-electron chi connectivity index (χ1n) is 6.16. The predicted molar refractivity (Wildman–Crippen MR) is 75.3 cm³/mol. The van der Waals surface area contributed by atoms with Crippen LogP contribution in [-0.2, 0) is 0 Å². The second-order valence-electron chi connectivity index (χ2n) is 4.44. The van der Waals surface area contributed by atoms with Gasteiger partial charge in [0.05, 0.1) is 5.56 Å². The van der Waals surface area contributed by atoms with Crippen molar-refractivity contribution in [2.75, 3.05) is 31.5 Å². The number of carboxylic acids is 1. The number of carbonyl (C=O) groups is 1. The number of anilines is 1. The van der Waals surface area contributed by atoms with Crippen molar-refractivity contribution in [3.05, 3.63) is 28.2 Å². The molecule has 1 aliphatic rings. The first-order chi connectivity index (χ1) is 8.68. The van der Waals surface area contributed by atoms with E-state index < -0.39 is 5.97 Å². The molecule has 18 heavy (non-hydrogen) atoms. The average molecular weight is 313 g/mol. The molecule has 0 aliphatic carbocycles. The SMILES string of the molecule is O=C(O)c1c(Br)cccc1NCCN1CCCC1. The lowest BCUT2D eigenvalue weighted by molar-refractivity contribution is 0.0697. The van der Waals surface area contributed by atoms with E-state index in [2.05, 4.69) is 26.1 Å². The van der Waals surface area contributed by atoms with Gasteiger partial charge in [-0.25, -0.2) is 4.79 Å². The van der Waals surface area contributed by atoms with Crippen LogP contribution in [0, 0.1) is 0 Å². The lowest BCUT2D eigenvalue weighted by Crippen LogP contribution is -2.26. The molecule has 0 atom stereocenters. The predicted octanol–water partition coefficient (Wildman–Crippen LogP) is 2.66. The van der Waals surface area contributed by atoms with Crippen LogP contribution in [0.15, 0.2) is 22.7 Å². The zero-order valence-electron chi connectivity index (χ0n) is 10.2. The summed E-state index contributed by atoms with van der Waals surface area (Å²) in [7, 11) is 0. The van der Waals surface area contributed by atoms with E-state index in [4.69, 9.17) is 0 Å². The minimum atomic E-state index is -0.911. The number of hydrogen-bond acceptors (Lipinski definition) is 3. The van der Waals surface area contributed by atoms with Crippen molar-refractivity contribution < 1.29 is 9.90 Å². The van der Waals surface area contributed by atoms with E-state index in [1.165, 1.54) is 12.8 Å². The van der Waals surface area contributed by atoms with Crippen molar-refractivity contribution in [3.8, 4) is 0 Å². The van der Waals surface area contributed by atoms with Gasteiger partial charge >= 0.3 is 5.97 Å². The van der Waals surface area contributed by atoms with Crippen LogP contribution in [0.4, 0.5) is 5.69 Å². The summed E-state index contributed by atoms with van der Waals surface area (Å²) in [5.74, 6) is -0.911. The molecule has 1 aliphatic heterocycles. The highest BCUT2D eigenvalue weighted by molar-refractivity contribution is 9.10. The first-order valence-corrected chi connectivity index (χ1v) is 6.96. The number of aromatic carboxylic acids is 1. The largest absolute Gasteiger partial charge is 0.478 e. The highest BCUT2D eigenvalue weighted by Crippen LogP contribution is 2.24. The van der Waals surface area contributed by atoms with Gasteiger partial charge in [0, 0.05) is 23.2 Å². The standard InChI is InChI=1S/C13H17BrN2O2/c14-10-4-3-5-11(12(10)13(17)18)15-6-9-16-7-1-2-8-16/h3-5,15H,1-2,6-9H2,(H,17,18). The zero-order valence-corrected chi connectivity index (χ0v) is 11.7. The van der Waals surface area contributed by atoms with E-state index in [0.29, 0.717) is 15.7 Å². The first kappa shape index (κ1) is 13.4. The molecule has 5 heteroatoms. The van der Waals surface area contributed by atoms with Crippen molar-refractivity contribution >= 4 is 27.6 Å². The number of benzene rings is 1. The Morgan fingerprint density at radius 1 is 1.39 bits per heavy atom. The summed E-state index contributed by atoms with van der Waals surface area (Å²) in [6.07, 6.45) is 2.55. The van der Waals surface area contributed by atoms with Crippen molar-refractivity contribution in [1.82, 2.24) is 4.90 Å². The molecule has 1 aromatic carbocycles. The average Bonchev–Trinajstić information content (AvgIpc) is 2.81. The summed E-state index contributed by atoms with van der Waals surface area (Å²) in [4.78, 5) is 13.6. The van der Waals surface area contributed by atoms with Crippen molar-refractivity contribution in [3.63, 3.8) is 0 Å². The summed E-state index contributed by atoms with van der Waals surface area (Å²) in [5, 5.41) is 12.4. The maximum Gasteiger partial charge on any atom is 0.338 e. The minimum absolute atomic E-state index is 0.305. The fourth-order valence-corrected chi connectivity index (χ4v) is 2.78. The molecule has 0 saturated carbocycles. The van der Waals surface area contributed by atoms with Crippen molar-refractivity contribution in [2.45, 2.75) is 12.8 Å². The minimum Gasteiger partial charge on any atom is -0.478 e. The lowest BCUT2D eigenvalue weighted by atomic mass is 10.2. The zero-order chi connectivity index (χ0) is 13.0. The Hall–Kier alpha value is -1.07. The fraction of sp³-hybridized carbons (Fsp3) is 0.462. The third-order valence-corrected chi connectivity index (χ3v) is 3.83. The molecule has 0 unspecified atom stereocenters. The van der Waals surface area contributed by atoms with Gasteiger partial charge in [-0.1, -0.05) is 6.07 Å². The van der Waals surface area contributed by atoms with Crippen LogP contribution >= 0.6 is 15.9 Å². The lowest BCUT2D eigenvalue weighted by Gasteiger charge is -2.16. The Labute approximate surface area is 115 Å². The number of likely N-dealkylation sites (tertiary alicyclic amines) is 1. The van der Waals surface area contributed by atoms with Gasteiger partial charge in [-0.05, 0) is 54.0 Å². The molecule has 2 N–H and O–H groups in total. The van der Waals surface area contributed by atoms with Gasteiger partial charge in [0.1, 0.15) is 0 Å². The van der Waals surface area contributed by atoms with Gasteiger partial charge in [-0.15, -0.1) is 0 Å². The van der Waals surface area contributed by atoms with Gasteiger partial charge < -0.3 is 15.3 Å². The molecular weight excluding hydrogens is 296 g/mol. The molecule has 1 fully saturated rings. The second kappa shape index (κ2) is 6.20. The van der Waals surface area contributed by atoms with Crippen LogP contribution in [0.1, 0.15) is 23.2 Å². The molecular formula is C13H17BrN2O2. The van der Waals surface area contributed by atoms with Crippen molar-refractivity contribution in [2.24, 2.45) is 0 Å². The summed E-state index contributed by atoms with van der Waals surface area (Å²) in [6.45, 7) is 4.06. The third-order valence-electron chi connectivity index (χ3n) is 3.17. The van der Waals surface area contributed by atoms with E-state index in [0.717, 1.165) is 26.2 Å². The quantitative estimate of drug-likeness (QED) is 0.877. The van der Waals surface area contributed by atoms with Crippen LogP contribution in [0.5, 0.6) is 0 Å². The van der Waals surface area contributed by atoms with Gasteiger partial charge in [0.2, 0.25) is 0 Å². The van der Waals surface area contributed by atoms with Gasteiger partial charge in [0.15, 0.2) is 0 Å². The fourth-order valence-electron chi connectivity index (χ4n) is 2.24. The molecule has 4 nitrogen and oxygen atoms in total. The summed E-state index contributed by atoms with van der Waals surface area (Å²) >= 11 is 3.27. The maximum atomic E-state index is 11.2. The smallest absolute Gasteiger partial charge is 0.338 e. The highest BCUT2D eigenvalue weighted by atomic mass is 79.9. The Morgan fingerprint density at radius 3 is 2.78 bits per heavy atom. The topological polar surface area (TPSA) is 52.6 Å². The Kier molecular flexibility index (Phi) is 4.60. The summed E-state index contributed by atoms with van der Waals surface area (Å²) in [5.41, 5.74) is 0.981. The number of halogens is 1. The number of hydrogen-bond donors (Lipinski definition) is 2. The maximum absolute atomic E-state index is 11.2. The molecule has 0 bridgehead atoms. The van der Waals surface area contributed by atoms with Gasteiger partial charge in [-0.2, -0.15) is 0 Å². The summed E-state index contributed by atoms with van der Waals surface area (Å²) in [6, 6.07) is 5.39. The summed E-state index contributed by atoms with van der Waals surface area (Å²) < 4.78 is 0.612. The van der Waals surface area contributed by atoms with Crippen LogP contribution in [0.2, 0.25) is 0 Å². The molecule has 0 amide bonds. The molecule has 1 saturated heterocycles. The Morgan fingerprint density at radius 2 is 2.11 bits per heavy atom. The van der Waals surface area contributed by atoms with E-state index in [1.807, 2.05) is 6.07 Å². The molecule has 1 aromatic rings. The van der Waals surface area contributed by atoms with Gasteiger partial charge in [-0.3, -0.25) is 0 Å². The van der Waals surface area contributed by atoms with Crippen LogP contribution in [0.25, 0.3) is 0 Å². The Bertz CT molecular complexity index is 431. The van der Waals surface area contributed by atoms with E-state index in [1.54, 1.807) is 12.1 Å². The highest BCUT2D eigenvalue weighted by Gasteiger charge is 2.14. The van der Waals surface area contributed by atoms with Crippen molar-refractivity contribution in [1.29, 1.82) is 0 Å². The van der Waals surface area contributed by atoms with Crippen LogP contribution < -0.4 is 5.32 Å². The Balaban J connectivity index is 1.96. The molecule has 0 spiro atoms. The molecule has 0 radical (unpaired) electrons. The van der Waals surface area contributed by atoms with E-state index >= 15 is 0 Å². The number of nitrogens with zero attached hydrogens (tertiary/aromatic N) is 1. The number of rotatable bonds is 5. The van der Waals surface area contributed by atoms with Gasteiger partial charge in [0.25, 0.3) is 0 Å². The third kappa shape index (κ3) is 3.23. The monoisotopic (exact) mass is 312 g/mol. The van der Waals surface area contributed by atoms with E-state index in [-0.39, 0.29) is 0 Å². The normalized spacial score (nSPS) is 15.8. The molecule has 98 valence electrons. The number of carboxylic acid groups (broad SMARTS) is 1.